The fourth-order valence-corrected chi connectivity index (χ4v) is 2.18. The maximum atomic E-state index is 11.5. The van der Waals surface area contributed by atoms with Gasteiger partial charge in [-0.2, -0.15) is 0 Å². The highest BCUT2D eigenvalue weighted by Gasteiger charge is 2.13. The van der Waals surface area contributed by atoms with Gasteiger partial charge in [0.2, 0.25) is 6.29 Å². The molecule has 103 valence electrons. The molecule has 0 aliphatic carbocycles. The molecule has 0 spiro atoms. The lowest BCUT2D eigenvalue weighted by atomic mass is 9.99. The van der Waals surface area contributed by atoms with Crippen molar-refractivity contribution < 1.29 is 9.59 Å². The molecule has 0 aromatic heterocycles. The predicted octanol–water partition coefficient (Wildman–Crippen LogP) is 2.18. The van der Waals surface area contributed by atoms with Crippen molar-refractivity contribution in [2.75, 3.05) is 6.54 Å². The minimum atomic E-state index is -0.646. The monoisotopic (exact) mass is 269 g/mol. The first-order chi connectivity index (χ1) is 9.74. The molecule has 1 atom stereocenters. The van der Waals surface area contributed by atoms with Gasteiger partial charge < -0.3 is 10.6 Å². The molecule has 2 N–H and O–H groups in total. The topological polar surface area (TPSA) is 58.2 Å². The molecule has 4 nitrogen and oxygen atoms in total. The Morgan fingerprint density at radius 3 is 2.70 bits per heavy atom. The number of carbonyl (C=O) groups excluding carboxylic acids is 2. The number of carbonyl (C=O) groups is 1. The molecular weight excluding hydrogens is 252 g/mol. The van der Waals surface area contributed by atoms with Crippen molar-refractivity contribution in [3.63, 3.8) is 0 Å². The van der Waals surface area contributed by atoms with Crippen molar-refractivity contribution in [1.29, 1.82) is 0 Å². The Balaban J connectivity index is 2.17. The third-order valence-corrected chi connectivity index (χ3v) is 3.09. The van der Waals surface area contributed by atoms with Crippen molar-refractivity contribution in [2.24, 2.45) is 0 Å². The third kappa shape index (κ3) is 3.35. The number of rotatable bonds is 5. The van der Waals surface area contributed by atoms with E-state index < -0.39 is 6.04 Å². The highest BCUT2D eigenvalue weighted by Crippen LogP contribution is 2.19. The molecular formula is C16H17N2O2. The van der Waals surface area contributed by atoms with E-state index in [0.29, 0.717) is 13.0 Å². The summed E-state index contributed by atoms with van der Waals surface area (Å²) in [6.45, 7) is 2.34. The fraction of sp³-hybridized carbons (Fsp3) is 0.250. The van der Waals surface area contributed by atoms with E-state index in [2.05, 4.69) is 10.6 Å². The second kappa shape index (κ2) is 6.70. The van der Waals surface area contributed by atoms with Crippen LogP contribution in [0.4, 0.5) is 4.79 Å². The Bertz CT molecular complexity index is 605. The minimum Gasteiger partial charge on any atom is -0.338 e. The van der Waals surface area contributed by atoms with E-state index >= 15 is 0 Å². The van der Waals surface area contributed by atoms with Crippen molar-refractivity contribution >= 4 is 23.1 Å². The van der Waals surface area contributed by atoms with E-state index in [1.807, 2.05) is 55.7 Å². The van der Waals surface area contributed by atoms with E-state index in [4.69, 9.17) is 0 Å². The summed E-state index contributed by atoms with van der Waals surface area (Å²) in [4.78, 5) is 22.5. The van der Waals surface area contributed by atoms with Gasteiger partial charge >= 0.3 is 6.03 Å². The number of urea groups is 1. The molecule has 0 fully saturated rings. The first kappa shape index (κ1) is 14.1. The van der Waals surface area contributed by atoms with Gasteiger partial charge in [0.15, 0.2) is 0 Å². The van der Waals surface area contributed by atoms with Gasteiger partial charge in [-0.1, -0.05) is 42.5 Å². The minimum absolute atomic E-state index is 0.346. The van der Waals surface area contributed by atoms with E-state index in [0.717, 1.165) is 16.3 Å². The molecule has 0 aliphatic rings. The Kier molecular flexibility index (Phi) is 4.71. The van der Waals surface area contributed by atoms with Gasteiger partial charge in [0.1, 0.15) is 6.04 Å². The second-order valence-corrected chi connectivity index (χ2v) is 4.52. The van der Waals surface area contributed by atoms with Crippen LogP contribution < -0.4 is 10.6 Å². The maximum absolute atomic E-state index is 11.5. The lowest BCUT2D eigenvalue weighted by Gasteiger charge is -2.14. The first-order valence-electron chi connectivity index (χ1n) is 6.63. The first-order valence-corrected chi connectivity index (χ1v) is 6.63. The molecule has 2 amide bonds. The number of amides is 2. The molecule has 4 heteroatoms. The highest BCUT2D eigenvalue weighted by molar-refractivity contribution is 5.86. The number of nitrogens with one attached hydrogen (secondary N) is 2. The summed E-state index contributed by atoms with van der Waals surface area (Å²) in [6, 6.07) is 12.9. The van der Waals surface area contributed by atoms with Crippen LogP contribution in [0.25, 0.3) is 10.8 Å². The van der Waals surface area contributed by atoms with E-state index in [1.54, 1.807) is 0 Å². The molecule has 0 saturated heterocycles. The second-order valence-electron chi connectivity index (χ2n) is 4.52. The fourth-order valence-electron chi connectivity index (χ4n) is 2.18. The lowest BCUT2D eigenvalue weighted by Crippen LogP contribution is -2.43. The SMILES string of the molecule is CCNC(=O)NC([C]=O)Cc1cccc2ccccc12. The van der Waals surface area contributed by atoms with Gasteiger partial charge in [-0.05, 0) is 23.3 Å². The van der Waals surface area contributed by atoms with Gasteiger partial charge in [0, 0.05) is 13.0 Å². The van der Waals surface area contributed by atoms with Gasteiger partial charge in [0.05, 0.1) is 0 Å². The van der Waals surface area contributed by atoms with Gasteiger partial charge in [0.25, 0.3) is 0 Å². The van der Waals surface area contributed by atoms with E-state index in [1.165, 1.54) is 0 Å². The summed E-state index contributed by atoms with van der Waals surface area (Å²) < 4.78 is 0. The molecule has 2 rings (SSSR count). The van der Waals surface area contributed by atoms with Crippen LogP contribution in [0.2, 0.25) is 0 Å². The van der Waals surface area contributed by atoms with E-state index in [-0.39, 0.29) is 6.03 Å². The Hall–Kier alpha value is -2.36. The average Bonchev–Trinajstić information content (AvgIpc) is 2.47. The molecule has 0 heterocycles. The molecule has 0 bridgehead atoms. The van der Waals surface area contributed by atoms with Crippen LogP contribution >= 0.6 is 0 Å². The highest BCUT2D eigenvalue weighted by atomic mass is 16.2. The molecule has 20 heavy (non-hydrogen) atoms. The average molecular weight is 269 g/mol. The zero-order valence-corrected chi connectivity index (χ0v) is 11.3. The molecule has 0 saturated carbocycles. The van der Waals surface area contributed by atoms with Crippen molar-refractivity contribution in [1.82, 2.24) is 10.6 Å². The number of hydrogen-bond donors (Lipinski definition) is 2. The normalized spacial score (nSPS) is 11.8. The molecule has 1 unspecified atom stereocenters. The summed E-state index contributed by atoms with van der Waals surface area (Å²) in [5.74, 6) is 0. The summed E-state index contributed by atoms with van der Waals surface area (Å²) in [5.41, 5.74) is 1.02. The predicted molar refractivity (Wildman–Crippen MR) is 79.3 cm³/mol. The van der Waals surface area contributed by atoms with Crippen molar-refractivity contribution in [3.8, 4) is 0 Å². The lowest BCUT2D eigenvalue weighted by molar-refractivity contribution is 0.239. The zero-order valence-electron chi connectivity index (χ0n) is 11.3. The van der Waals surface area contributed by atoms with Crippen LogP contribution in [0.15, 0.2) is 42.5 Å². The number of fused-ring (bicyclic) bond motifs is 1. The van der Waals surface area contributed by atoms with Crippen LogP contribution in [0.3, 0.4) is 0 Å². The third-order valence-electron chi connectivity index (χ3n) is 3.09. The summed E-state index contributed by atoms with van der Waals surface area (Å²) in [5, 5.41) is 7.42. The summed E-state index contributed by atoms with van der Waals surface area (Å²) in [7, 11) is 0. The zero-order chi connectivity index (χ0) is 14.4. The molecule has 2 aromatic rings. The van der Waals surface area contributed by atoms with Gasteiger partial charge in [-0.15, -0.1) is 0 Å². The van der Waals surface area contributed by atoms with Crippen LogP contribution in [0.1, 0.15) is 12.5 Å². The molecule has 1 radical (unpaired) electrons. The van der Waals surface area contributed by atoms with Crippen molar-refractivity contribution in [2.45, 2.75) is 19.4 Å². The van der Waals surface area contributed by atoms with E-state index in [9.17, 15) is 9.59 Å². The summed E-state index contributed by atoms with van der Waals surface area (Å²) >= 11 is 0. The van der Waals surface area contributed by atoms with Crippen LogP contribution in [-0.4, -0.2) is 24.9 Å². The molecule has 0 aliphatic heterocycles. The quantitative estimate of drug-likeness (QED) is 0.874. The molecule has 2 aromatic carbocycles. The number of benzene rings is 2. The Labute approximate surface area is 118 Å². The number of hydrogen-bond acceptors (Lipinski definition) is 2. The largest absolute Gasteiger partial charge is 0.338 e. The van der Waals surface area contributed by atoms with Crippen LogP contribution in [0.5, 0.6) is 0 Å². The van der Waals surface area contributed by atoms with Gasteiger partial charge in [-0.25, -0.2) is 4.79 Å². The smallest absolute Gasteiger partial charge is 0.315 e. The Morgan fingerprint density at radius 1 is 1.20 bits per heavy atom. The van der Waals surface area contributed by atoms with Crippen molar-refractivity contribution in [3.05, 3.63) is 48.0 Å². The van der Waals surface area contributed by atoms with Gasteiger partial charge in [-0.3, -0.25) is 4.79 Å². The summed E-state index contributed by atoms with van der Waals surface area (Å²) in [6.07, 6.45) is 2.32. The Morgan fingerprint density at radius 2 is 1.95 bits per heavy atom. The van der Waals surface area contributed by atoms with Crippen LogP contribution in [0, 0.1) is 0 Å². The van der Waals surface area contributed by atoms with Crippen LogP contribution in [-0.2, 0) is 11.2 Å². The standard InChI is InChI=1S/C16H17N2O2/c1-2-17-16(20)18-14(11-19)10-13-8-5-7-12-6-3-4-9-15(12)13/h3-9,14H,2,10H2,1H3,(H2,17,18,20). The maximum Gasteiger partial charge on any atom is 0.315 e.